The van der Waals surface area contributed by atoms with Crippen LogP contribution in [0.3, 0.4) is 0 Å². The molecule has 0 aliphatic rings. The molecule has 4 N–H and O–H groups in total. The molecule has 0 fully saturated rings. The first-order valence-electron chi connectivity index (χ1n) is 11.7. The van der Waals surface area contributed by atoms with Crippen LogP contribution < -0.4 is 30.7 Å². The zero-order valence-electron chi connectivity index (χ0n) is 21.1. The maximum Gasteiger partial charge on any atom is 0.323 e. The van der Waals surface area contributed by atoms with Gasteiger partial charge in [-0.2, -0.15) is 0 Å². The standard InChI is InChI=1S/C29H27IN4O4/c1-18-8-9-19(16-25(18)34-28(35)31-21-12-10-20(30)11-13-21)23-6-4-5-7-24(23)33-29(36)32-22-14-15-26(37-2)27(17-22)38-3/h4-17H,1-3H3,(H2,31,34,35)(H2,32,33,36). The Kier molecular flexibility index (Phi) is 8.70. The topological polar surface area (TPSA) is 101 Å². The number of nitrogens with one attached hydrogen (secondary N) is 4. The molecule has 9 heteroatoms. The Morgan fingerprint density at radius 1 is 0.658 bits per heavy atom. The molecule has 38 heavy (non-hydrogen) atoms. The van der Waals surface area contributed by atoms with Crippen molar-refractivity contribution in [1.82, 2.24) is 0 Å². The van der Waals surface area contributed by atoms with E-state index in [1.165, 1.54) is 7.11 Å². The molecule has 0 saturated carbocycles. The van der Waals surface area contributed by atoms with Crippen molar-refractivity contribution in [2.75, 3.05) is 35.5 Å². The predicted octanol–water partition coefficient (Wildman–Crippen LogP) is 7.57. The summed E-state index contributed by atoms with van der Waals surface area (Å²) in [6, 6.07) is 25.1. The number of aryl methyl sites for hydroxylation is 1. The highest BCUT2D eigenvalue weighted by atomic mass is 127. The molecule has 0 unspecified atom stereocenters. The van der Waals surface area contributed by atoms with E-state index in [0.29, 0.717) is 34.2 Å². The molecule has 0 aromatic heterocycles. The molecule has 0 spiro atoms. The second-order valence-corrected chi connectivity index (χ2v) is 9.56. The van der Waals surface area contributed by atoms with Gasteiger partial charge in [0.05, 0.1) is 19.9 Å². The van der Waals surface area contributed by atoms with Gasteiger partial charge in [-0.05, 0) is 89.2 Å². The number of carbonyl (C=O) groups excluding carboxylic acids is 2. The first-order chi connectivity index (χ1) is 18.4. The Bertz CT molecular complexity index is 1460. The van der Waals surface area contributed by atoms with Crippen LogP contribution in [0.4, 0.5) is 32.3 Å². The summed E-state index contributed by atoms with van der Waals surface area (Å²) in [7, 11) is 3.09. The van der Waals surface area contributed by atoms with Crippen molar-refractivity contribution in [1.29, 1.82) is 0 Å². The summed E-state index contributed by atoms with van der Waals surface area (Å²) in [5, 5.41) is 11.5. The third kappa shape index (κ3) is 6.74. The molecule has 4 aromatic carbocycles. The van der Waals surface area contributed by atoms with E-state index in [1.54, 1.807) is 25.3 Å². The van der Waals surface area contributed by atoms with Gasteiger partial charge in [0.25, 0.3) is 0 Å². The summed E-state index contributed by atoms with van der Waals surface area (Å²) in [5.74, 6) is 1.08. The summed E-state index contributed by atoms with van der Waals surface area (Å²) in [6.07, 6.45) is 0. The van der Waals surface area contributed by atoms with Crippen LogP contribution in [0.1, 0.15) is 5.56 Å². The number of benzene rings is 4. The molecular formula is C29H27IN4O4. The molecule has 0 bridgehead atoms. The van der Waals surface area contributed by atoms with Gasteiger partial charge in [0.1, 0.15) is 0 Å². The Hall–Kier alpha value is -4.25. The highest BCUT2D eigenvalue weighted by molar-refractivity contribution is 14.1. The number of halogens is 1. The number of anilines is 4. The minimum atomic E-state index is -0.410. The molecule has 4 rings (SSSR count). The van der Waals surface area contributed by atoms with Crippen molar-refractivity contribution in [3.63, 3.8) is 0 Å². The van der Waals surface area contributed by atoms with E-state index in [1.807, 2.05) is 73.7 Å². The van der Waals surface area contributed by atoms with Crippen molar-refractivity contribution in [2.45, 2.75) is 6.92 Å². The van der Waals surface area contributed by atoms with E-state index in [-0.39, 0.29) is 6.03 Å². The van der Waals surface area contributed by atoms with Crippen LogP contribution in [-0.4, -0.2) is 26.3 Å². The summed E-state index contributed by atoms with van der Waals surface area (Å²) in [4.78, 5) is 25.5. The van der Waals surface area contributed by atoms with Crippen LogP contribution in [0.15, 0.2) is 84.9 Å². The van der Waals surface area contributed by atoms with Crippen molar-refractivity contribution in [3.05, 3.63) is 94.1 Å². The fourth-order valence-electron chi connectivity index (χ4n) is 3.78. The van der Waals surface area contributed by atoms with Crippen LogP contribution in [0.5, 0.6) is 11.5 Å². The predicted molar refractivity (Wildman–Crippen MR) is 161 cm³/mol. The Morgan fingerprint density at radius 2 is 1.29 bits per heavy atom. The SMILES string of the molecule is COc1ccc(NC(=O)Nc2ccccc2-c2ccc(C)c(NC(=O)Nc3ccc(I)cc3)c2)cc1OC. The van der Waals surface area contributed by atoms with E-state index in [9.17, 15) is 9.59 Å². The molecule has 0 aliphatic carbocycles. The number of para-hydroxylation sites is 1. The summed E-state index contributed by atoms with van der Waals surface area (Å²) in [6.45, 7) is 1.92. The number of hydrogen-bond donors (Lipinski definition) is 4. The zero-order chi connectivity index (χ0) is 27.1. The van der Waals surface area contributed by atoms with Crippen LogP contribution in [-0.2, 0) is 0 Å². The lowest BCUT2D eigenvalue weighted by Gasteiger charge is -2.15. The molecule has 4 aromatic rings. The van der Waals surface area contributed by atoms with Crippen LogP contribution in [0.25, 0.3) is 11.1 Å². The van der Waals surface area contributed by atoms with Gasteiger partial charge < -0.3 is 30.7 Å². The van der Waals surface area contributed by atoms with Crippen molar-refractivity contribution in [3.8, 4) is 22.6 Å². The van der Waals surface area contributed by atoms with Gasteiger partial charge in [0, 0.05) is 32.3 Å². The summed E-state index contributed by atoms with van der Waals surface area (Å²) in [5.41, 5.74) is 5.07. The smallest absolute Gasteiger partial charge is 0.323 e. The minimum Gasteiger partial charge on any atom is -0.493 e. The average Bonchev–Trinajstić information content (AvgIpc) is 2.91. The van der Waals surface area contributed by atoms with Gasteiger partial charge in [-0.15, -0.1) is 0 Å². The van der Waals surface area contributed by atoms with Gasteiger partial charge >= 0.3 is 12.1 Å². The normalized spacial score (nSPS) is 10.3. The van der Waals surface area contributed by atoms with Crippen LogP contribution in [0.2, 0.25) is 0 Å². The minimum absolute atomic E-state index is 0.341. The second-order valence-electron chi connectivity index (χ2n) is 8.31. The second kappa shape index (κ2) is 12.3. The highest BCUT2D eigenvalue weighted by Gasteiger charge is 2.13. The van der Waals surface area contributed by atoms with Gasteiger partial charge in [0.15, 0.2) is 11.5 Å². The van der Waals surface area contributed by atoms with Crippen molar-refractivity contribution < 1.29 is 19.1 Å². The lowest BCUT2D eigenvalue weighted by Crippen LogP contribution is -2.20. The number of amides is 4. The zero-order valence-corrected chi connectivity index (χ0v) is 23.3. The quantitative estimate of drug-likeness (QED) is 0.160. The molecule has 0 radical (unpaired) electrons. The van der Waals surface area contributed by atoms with E-state index in [2.05, 4.69) is 43.9 Å². The van der Waals surface area contributed by atoms with E-state index < -0.39 is 6.03 Å². The van der Waals surface area contributed by atoms with Crippen molar-refractivity contribution >= 4 is 57.4 Å². The third-order valence-electron chi connectivity index (χ3n) is 5.72. The molecular weight excluding hydrogens is 595 g/mol. The Morgan fingerprint density at radius 3 is 2.00 bits per heavy atom. The number of ether oxygens (including phenoxy) is 2. The lowest BCUT2D eigenvalue weighted by atomic mass is 10.0. The number of urea groups is 2. The monoisotopic (exact) mass is 622 g/mol. The molecule has 4 amide bonds. The number of hydrogen-bond acceptors (Lipinski definition) is 4. The Balaban J connectivity index is 1.50. The maximum absolute atomic E-state index is 12.8. The molecule has 0 atom stereocenters. The number of methoxy groups -OCH3 is 2. The largest absolute Gasteiger partial charge is 0.493 e. The van der Waals surface area contributed by atoms with Gasteiger partial charge in [-0.1, -0.05) is 30.3 Å². The molecule has 0 aliphatic heterocycles. The van der Waals surface area contributed by atoms with Gasteiger partial charge in [0.2, 0.25) is 0 Å². The average molecular weight is 622 g/mol. The fraction of sp³-hybridized carbons (Fsp3) is 0.103. The van der Waals surface area contributed by atoms with Crippen molar-refractivity contribution in [2.24, 2.45) is 0 Å². The molecule has 194 valence electrons. The van der Waals surface area contributed by atoms with Crippen LogP contribution in [0, 0.1) is 10.5 Å². The van der Waals surface area contributed by atoms with Crippen LogP contribution >= 0.6 is 22.6 Å². The Labute approximate surface area is 234 Å². The summed E-state index contributed by atoms with van der Waals surface area (Å²) >= 11 is 2.21. The lowest BCUT2D eigenvalue weighted by molar-refractivity contribution is 0.261. The first kappa shape index (κ1) is 26.8. The fourth-order valence-corrected chi connectivity index (χ4v) is 4.14. The highest BCUT2D eigenvalue weighted by Crippen LogP contribution is 2.32. The summed E-state index contributed by atoms with van der Waals surface area (Å²) < 4.78 is 11.6. The molecule has 0 saturated heterocycles. The number of carbonyl (C=O) groups is 2. The number of rotatable bonds is 7. The first-order valence-corrected chi connectivity index (χ1v) is 12.8. The van der Waals surface area contributed by atoms with Gasteiger partial charge in [-0.3, -0.25) is 0 Å². The van der Waals surface area contributed by atoms with E-state index in [4.69, 9.17) is 9.47 Å². The third-order valence-corrected chi connectivity index (χ3v) is 6.43. The van der Waals surface area contributed by atoms with E-state index in [0.717, 1.165) is 20.3 Å². The van der Waals surface area contributed by atoms with E-state index >= 15 is 0 Å². The molecule has 8 nitrogen and oxygen atoms in total. The maximum atomic E-state index is 12.8. The van der Waals surface area contributed by atoms with Gasteiger partial charge in [-0.25, -0.2) is 9.59 Å². The molecule has 0 heterocycles.